The van der Waals surface area contributed by atoms with E-state index in [4.69, 9.17) is 4.74 Å². The molecule has 3 nitrogen and oxygen atoms in total. The summed E-state index contributed by atoms with van der Waals surface area (Å²) < 4.78 is 54.7. The van der Waals surface area contributed by atoms with Gasteiger partial charge in [-0.2, -0.15) is 13.2 Å². The molecule has 0 aliphatic carbocycles. The predicted octanol–water partition coefficient (Wildman–Crippen LogP) is 2.72. The molecular formula is C17H22F3NO2S. The average molecular weight is 361 g/mol. The number of rotatable bonds is 5. The highest BCUT2D eigenvalue weighted by Crippen LogP contribution is 2.39. The Balaban J connectivity index is 1.54. The molecule has 2 heterocycles. The van der Waals surface area contributed by atoms with Crippen LogP contribution in [0.4, 0.5) is 13.2 Å². The molecule has 24 heavy (non-hydrogen) atoms. The van der Waals surface area contributed by atoms with Gasteiger partial charge >= 0.3 is 6.18 Å². The summed E-state index contributed by atoms with van der Waals surface area (Å²) in [4.78, 5) is 2.33. The average Bonchev–Trinajstić information content (AvgIpc) is 2.90. The Labute approximate surface area is 142 Å². The highest BCUT2D eigenvalue weighted by molar-refractivity contribution is 7.86. The minimum absolute atomic E-state index is 0.0533. The van der Waals surface area contributed by atoms with Crippen LogP contribution in [0, 0.1) is 5.41 Å². The molecule has 2 aliphatic rings. The molecule has 1 aromatic rings. The quantitative estimate of drug-likeness (QED) is 0.808. The lowest BCUT2D eigenvalue weighted by Gasteiger charge is -2.37. The first-order chi connectivity index (χ1) is 11.3. The summed E-state index contributed by atoms with van der Waals surface area (Å²) in [5.74, 6) is 1.61. The lowest BCUT2D eigenvalue weighted by Crippen LogP contribution is -2.47. The molecule has 1 unspecified atom stereocenters. The summed E-state index contributed by atoms with van der Waals surface area (Å²) >= 11 is 0. The van der Waals surface area contributed by atoms with Crippen LogP contribution >= 0.6 is 0 Å². The second-order valence-electron chi connectivity index (χ2n) is 6.97. The predicted molar refractivity (Wildman–Crippen MR) is 87.3 cm³/mol. The van der Waals surface area contributed by atoms with Crippen molar-refractivity contribution in [3.63, 3.8) is 0 Å². The molecule has 1 spiro atoms. The Morgan fingerprint density at radius 3 is 2.50 bits per heavy atom. The number of likely N-dealkylation sites (tertiary alicyclic amines) is 1. The molecule has 3 rings (SSSR count). The summed E-state index contributed by atoms with van der Waals surface area (Å²) in [6, 6.07) is 5.29. The second kappa shape index (κ2) is 6.77. The summed E-state index contributed by atoms with van der Waals surface area (Å²) in [6.45, 7) is 2.68. The Morgan fingerprint density at radius 2 is 1.96 bits per heavy atom. The fraction of sp³-hybridized carbons (Fsp3) is 0.647. The molecule has 2 fully saturated rings. The molecule has 0 aromatic heterocycles. The van der Waals surface area contributed by atoms with E-state index in [9.17, 15) is 17.4 Å². The fourth-order valence-electron chi connectivity index (χ4n) is 3.66. The van der Waals surface area contributed by atoms with Crippen molar-refractivity contribution in [2.45, 2.75) is 25.1 Å². The van der Waals surface area contributed by atoms with E-state index in [0.29, 0.717) is 6.42 Å². The van der Waals surface area contributed by atoms with E-state index in [0.717, 1.165) is 55.3 Å². The standard InChI is InChI=1S/C17H22F3NO2S/c1-23-15(8-13-2-4-14(5-3-13)17(18,19)20)9-21-7-6-16(10-21)11-24(22)12-16/h2-5,15H,6-12H2,1H3. The SMILES string of the molecule is COC(Cc1ccc(C(F)(F)F)cc1)CN1CCC2(C1)CS(=O)C2. The maximum absolute atomic E-state index is 12.6. The third-order valence-electron chi connectivity index (χ3n) is 4.99. The number of nitrogens with zero attached hydrogens (tertiary/aromatic N) is 1. The zero-order valence-corrected chi connectivity index (χ0v) is 14.5. The monoisotopic (exact) mass is 361 g/mol. The van der Waals surface area contributed by atoms with Gasteiger partial charge in [-0.15, -0.1) is 0 Å². The van der Waals surface area contributed by atoms with Gasteiger partial charge in [0, 0.05) is 47.9 Å². The molecule has 0 radical (unpaired) electrons. The first-order valence-electron chi connectivity index (χ1n) is 8.06. The van der Waals surface area contributed by atoms with Crippen molar-refractivity contribution in [1.29, 1.82) is 0 Å². The van der Waals surface area contributed by atoms with Gasteiger partial charge in [-0.1, -0.05) is 12.1 Å². The molecule has 0 bridgehead atoms. The number of methoxy groups -OCH3 is 1. The first kappa shape index (κ1) is 17.9. The number of halogens is 3. The number of alkyl halides is 3. The van der Waals surface area contributed by atoms with Crippen LogP contribution in [-0.4, -0.2) is 53.5 Å². The minimum atomic E-state index is -4.30. The lowest BCUT2D eigenvalue weighted by atomic mass is 9.91. The van der Waals surface area contributed by atoms with E-state index in [1.807, 2.05) is 0 Å². The zero-order chi connectivity index (χ0) is 17.4. The van der Waals surface area contributed by atoms with Gasteiger partial charge in [0.2, 0.25) is 0 Å². The fourth-order valence-corrected chi connectivity index (χ4v) is 5.42. The summed E-state index contributed by atoms with van der Waals surface area (Å²) in [7, 11) is 0.996. The van der Waals surface area contributed by atoms with Crippen molar-refractivity contribution < 1.29 is 22.1 Å². The van der Waals surface area contributed by atoms with Gasteiger partial charge in [0.05, 0.1) is 11.7 Å². The smallest absolute Gasteiger partial charge is 0.380 e. The molecule has 134 valence electrons. The Bertz CT molecular complexity index is 595. The molecule has 0 amide bonds. The lowest BCUT2D eigenvalue weighted by molar-refractivity contribution is -0.137. The summed E-state index contributed by atoms with van der Waals surface area (Å²) in [6.07, 6.45) is -2.69. The normalized spacial score (nSPS) is 28.9. The molecule has 2 saturated heterocycles. The Hall–Kier alpha value is -0.920. The van der Waals surface area contributed by atoms with Crippen LogP contribution in [0.3, 0.4) is 0 Å². The second-order valence-corrected chi connectivity index (χ2v) is 8.43. The van der Waals surface area contributed by atoms with Gasteiger partial charge in [0.25, 0.3) is 0 Å². The van der Waals surface area contributed by atoms with E-state index < -0.39 is 22.5 Å². The highest BCUT2D eigenvalue weighted by Gasteiger charge is 2.47. The van der Waals surface area contributed by atoms with Crippen LogP contribution in [0.2, 0.25) is 0 Å². The molecular weight excluding hydrogens is 339 g/mol. The van der Waals surface area contributed by atoms with Crippen molar-refractivity contribution in [2.75, 3.05) is 38.2 Å². The summed E-state index contributed by atoms with van der Waals surface area (Å²) in [5.41, 5.74) is 0.450. The first-order valence-corrected chi connectivity index (χ1v) is 9.55. The van der Waals surface area contributed by atoms with Gasteiger partial charge in [-0.05, 0) is 37.1 Å². The van der Waals surface area contributed by atoms with Crippen molar-refractivity contribution in [1.82, 2.24) is 4.90 Å². The van der Waals surface area contributed by atoms with Crippen molar-refractivity contribution in [2.24, 2.45) is 5.41 Å². The van der Waals surface area contributed by atoms with Crippen molar-refractivity contribution in [3.05, 3.63) is 35.4 Å². The minimum Gasteiger partial charge on any atom is -0.380 e. The molecule has 1 atom stereocenters. The van der Waals surface area contributed by atoms with Gasteiger partial charge in [-0.25, -0.2) is 0 Å². The van der Waals surface area contributed by atoms with Crippen LogP contribution < -0.4 is 0 Å². The third kappa shape index (κ3) is 4.00. The molecule has 0 N–H and O–H groups in total. The largest absolute Gasteiger partial charge is 0.416 e. The van der Waals surface area contributed by atoms with Crippen LogP contribution in [-0.2, 0) is 28.1 Å². The third-order valence-corrected chi connectivity index (χ3v) is 6.86. The van der Waals surface area contributed by atoms with Crippen molar-refractivity contribution in [3.8, 4) is 0 Å². The Morgan fingerprint density at radius 1 is 1.29 bits per heavy atom. The van der Waals surface area contributed by atoms with E-state index >= 15 is 0 Å². The van der Waals surface area contributed by atoms with Gasteiger partial charge in [0.15, 0.2) is 0 Å². The van der Waals surface area contributed by atoms with E-state index in [2.05, 4.69) is 4.90 Å². The Kier molecular flexibility index (Phi) is 5.04. The maximum atomic E-state index is 12.6. The maximum Gasteiger partial charge on any atom is 0.416 e. The van der Waals surface area contributed by atoms with Crippen LogP contribution in [0.1, 0.15) is 17.5 Å². The van der Waals surface area contributed by atoms with Gasteiger partial charge in [0.1, 0.15) is 0 Å². The molecule has 1 aromatic carbocycles. The van der Waals surface area contributed by atoms with Crippen LogP contribution in [0.25, 0.3) is 0 Å². The number of benzene rings is 1. The molecule has 2 aliphatic heterocycles. The van der Waals surface area contributed by atoms with Crippen molar-refractivity contribution >= 4 is 10.8 Å². The number of ether oxygens (including phenoxy) is 1. The number of hydrogen-bond acceptors (Lipinski definition) is 3. The summed E-state index contributed by atoms with van der Waals surface area (Å²) in [5, 5.41) is 0. The molecule has 0 saturated carbocycles. The topological polar surface area (TPSA) is 29.5 Å². The van der Waals surface area contributed by atoms with Gasteiger partial charge in [-0.3, -0.25) is 4.21 Å². The van der Waals surface area contributed by atoms with Gasteiger partial charge < -0.3 is 9.64 Å². The van der Waals surface area contributed by atoms with E-state index in [1.165, 1.54) is 12.1 Å². The molecule has 7 heteroatoms. The highest BCUT2D eigenvalue weighted by atomic mass is 32.2. The van der Waals surface area contributed by atoms with E-state index in [-0.39, 0.29) is 11.5 Å². The van der Waals surface area contributed by atoms with Crippen LogP contribution in [0.15, 0.2) is 24.3 Å². The zero-order valence-electron chi connectivity index (χ0n) is 13.6. The van der Waals surface area contributed by atoms with Crippen LogP contribution in [0.5, 0.6) is 0 Å². The number of hydrogen-bond donors (Lipinski definition) is 0. The van der Waals surface area contributed by atoms with E-state index in [1.54, 1.807) is 7.11 Å².